The number of aromatic nitrogens is 1. The van der Waals surface area contributed by atoms with Crippen LogP contribution in [-0.2, 0) is 4.79 Å². The van der Waals surface area contributed by atoms with Crippen molar-refractivity contribution >= 4 is 46.3 Å². The van der Waals surface area contributed by atoms with Gasteiger partial charge in [0.25, 0.3) is 0 Å². The lowest BCUT2D eigenvalue weighted by Crippen LogP contribution is -2.24. The zero-order valence-corrected chi connectivity index (χ0v) is 12.1. The van der Waals surface area contributed by atoms with Gasteiger partial charge in [-0.2, -0.15) is 12.6 Å². The Hall–Kier alpha value is -0.850. The lowest BCUT2D eigenvalue weighted by molar-refractivity contribution is -0.117. The maximum Gasteiger partial charge on any atom is 0.229 e. The van der Waals surface area contributed by atoms with Crippen molar-refractivity contribution in [3.63, 3.8) is 0 Å². The maximum absolute atomic E-state index is 11.9. The van der Waals surface area contributed by atoms with Gasteiger partial charge in [0.05, 0.1) is 10.6 Å². The highest BCUT2D eigenvalue weighted by Gasteiger charge is 2.31. The standard InChI is InChI=1S/C12H12N2OS3/c15-11-4-8(6-16)5-14(11)12-13-9(7-18-12)10-2-1-3-17-10/h1-3,7-8,16H,4-6H2. The normalized spacial score (nSPS) is 19.7. The second kappa shape index (κ2) is 5.03. The fraction of sp³-hybridized carbons (Fsp3) is 0.333. The second-order valence-electron chi connectivity index (χ2n) is 4.25. The smallest absolute Gasteiger partial charge is 0.229 e. The number of carbonyl (C=O) groups is 1. The largest absolute Gasteiger partial charge is 0.288 e. The van der Waals surface area contributed by atoms with E-state index in [1.54, 1.807) is 16.2 Å². The van der Waals surface area contributed by atoms with E-state index in [0.717, 1.165) is 28.0 Å². The van der Waals surface area contributed by atoms with Crippen LogP contribution in [0.3, 0.4) is 0 Å². The molecule has 1 fully saturated rings. The zero-order valence-electron chi connectivity index (χ0n) is 9.57. The van der Waals surface area contributed by atoms with E-state index in [2.05, 4.69) is 17.6 Å². The zero-order chi connectivity index (χ0) is 12.5. The average Bonchev–Trinajstić information content (AvgIpc) is 3.08. The summed E-state index contributed by atoms with van der Waals surface area (Å²) in [7, 11) is 0. The van der Waals surface area contributed by atoms with E-state index >= 15 is 0 Å². The molecule has 1 unspecified atom stereocenters. The molecule has 0 radical (unpaired) electrons. The summed E-state index contributed by atoms with van der Waals surface area (Å²) in [6.07, 6.45) is 0.595. The van der Waals surface area contributed by atoms with Crippen molar-refractivity contribution in [1.82, 2.24) is 4.98 Å². The van der Waals surface area contributed by atoms with Gasteiger partial charge in [-0.1, -0.05) is 6.07 Å². The molecule has 0 bridgehead atoms. The second-order valence-corrected chi connectivity index (χ2v) is 6.40. The van der Waals surface area contributed by atoms with Gasteiger partial charge in [0.15, 0.2) is 5.13 Å². The van der Waals surface area contributed by atoms with Gasteiger partial charge >= 0.3 is 0 Å². The van der Waals surface area contributed by atoms with E-state index in [0.29, 0.717) is 12.3 Å². The number of hydrogen-bond acceptors (Lipinski definition) is 5. The Kier molecular flexibility index (Phi) is 3.41. The van der Waals surface area contributed by atoms with Crippen LogP contribution in [0.5, 0.6) is 0 Å². The minimum Gasteiger partial charge on any atom is -0.288 e. The van der Waals surface area contributed by atoms with Crippen molar-refractivity contribution in [2.75, 3.05) is 17.2 Å². The molecule has 0 spiro atoms. The van der Waals surface area contributed by atoms with Gasteiger partial charge in [0.1, 0.15) is 0 Å². The Bertz CT molecular complexity index is 549. The summed E-state index contributed by atoms with van der Waals surface area (Å²) in [6.45, 7) is 0.750. The first-order valence-corrected chi connectivity index (χ1v) is 8.07. The Morgan fingerprint density at radius 1 is 1.50 bits per heavy atom. The van der Waals surface area contributed by atoms with Crippen LogP contribution in [0.15, 0.2) is 22.9 Å². The van der Waals surface area contributed by atoms with E-state index in [9.17, 15) is 4.79 Å². The summed E-state index contributed by atoms with van der Waals surface area (Å²) in [5.41, 5.74) is 0.965. The summed E-state index contributed by atoms with van der Waals surface area (Å²) >= 11 is 7.47. The van der Waals surface area contributed by atoms with Crippen molar-refractivity contribution < 1.29 is 4.79 Å². The van der Waals surface area contributed by atoms with Crippen molar-refractivity contribution in [3.8, 4) is 10.6 Å². The van der Waals surface area contributed by atoms with Crippen LogP contribution in [0, 0.1) is 5.92 Å². The van der Waals surface area contributed by atoms with Gasteiger partial charge < -0.3 is 0 Å². The number of thiol groups is 1. The Morgan fingerprint density at radius 3 is 3.06 bits per heavy atom. The van der Waals surface area contributed by atoms with Crippen LogP contribution in [-0.4, -0.2) is 23.2 Å². The molecule has 1 atom stereocenters. The molecule has 1 aliphatic rings. The fourth-order valence-electron chi connectivity index (χ4n) is 2.01. The molecule has 1 aliphatic heterocycles. The first-order chi connectivity index (χ1) is 8.78. The van der Waals surface area contributed by atoms with Gasteiger partial charge in [0.2, 0.25) is 5.91 Å². The van der Waals surface area contributed by atoms with Crippen LogP contribution in [0.1, 0.15) is 6.42 Å². The lowest BCUT2D eigenvalue weighted by atomic mass is 10.1. The molecule has 0 saturated carbocycles. The molecule has 3 nitrogen and oxygen atoms in total. The molecule has 2 aromatic heterocycles. The van der Waals surface area contributed by atoms with E-state index in [1.165, 1.54) is 11.3 Å². The molecular formula is C12H12N2OS3. The Balaban J connectivity index is 1.84. The van der Waals surface area contributed by atoms with Crippen LogP contribution in [0.2, 0.25) is 0 Å². The van der Waals surface area contributed by atoms with E-state index in [1.807, 2.05) is 22.9 Å². The van der Waals surface area contributed by atoms with Crippen molar-refractivity contribution in [1.29, 1.82) is 0 Å². The lowest BCUT2D eigenvalue weighted by Gasteiger charge is -2.11. The van der Waals surface area contributed by atoms with Gasteiger partial charge in [0, 0.05) is 18.3 Å². The number of hydrogen-bond donors (Lipinski definition) is 1. The van der Waals surface area contributed by atoms with Crippen molar-refractivity contribution in [3.05, 3.63) is 22.9 Å². The molecule has 94 valence electrons. The predicted molar refractivity (Wildman–Crippen MR) is 79.7 cm³/mol. The molecule has 1 saturated heterocycles. The van der Waals surface area contributed by atoms with Crippen LogP contribution < -0.4 is 4.90 Å². The number of carbonyl (C=O) groups excluding carboxylic acids is 1. The van der Waals surface area contributed by atoms with E-state index in [4.69, 9.17) is 0 Å². The average molecular weight is 296 g/mol. The molecule has 0 N–H and O–H groups in total. The molecule has 18 heavy (non-hydrogen) atoms. The minimum atomic E-state index is 0.168. The number of thiophene rings is 1. The third-order valence-electron chi connectivity index (χ3n) is 2.96. The third kappa shape index (κ3) is 2.20. The molecule has 0 aromatic carbocycles. The molecular weight excluding hydrogens is 284 g/mol. The van der Waals surface area contributed by atoms with Gasteiger partial charge in [-0.05, 0) is 23.1 Å². The van der Waals surface area contributed by atoms with Crippen LogP contribution in [0.4, 0.5) is 5.13 Å². The highest BCUT2D eigenvalue weighted by molar-refractivity contribution is 7.80. The SMILES string of the molecule is O=C1CC(CS)CN1c1nc(-c2cccs2)cs1. The van der Waals surface area contributed by atoms with Gasteiger partial charge in [-0.3, -0.25) is 9.69 Å². The van der Waals surface area contributed by atoms with Gasteiger partial charge in [-0.15, -0.1) is 22.7 Å². The van der Waals surface area contributed by atoms with Crippen LogP contribution >= 0.6 is 35.3 Å². The summed E-state index contributed by atoms with van der Waals surface area (Å²) in [5.74, 6) is 1.28. The quantitative estimate of drug-likeness (QED) is 0.883. The van der Waals surface area contributed by atoms with Crippen molar-refractivity contribution in [2.45, 2.75) is 6.42 Å². The molecule has 0 aliphatic carbocycles. The Labute approximate surface area is 119 Å². The third-order valence-corrected chi connectivity index (χ3v) is 5.23. The number of nitrogens with zero attached hydrogens (tertiary/aromatic N) is 2. The molecule has 3 rings (SSSR count). The maximum atomic E-state index is 11.9. The predicted octanol–water partition coefficient (Wildman–Crippen LogP) is 3.15. The van der Waals surface area contributed by atoms with Crippen LogP contribution in [0.25, 0.3) is 10.6 Å². The first kappa shape index (κ1) is 12.2. The molecule has 2 aromatic rings. The number of amides is 1. The number of thiazole rings is 1. The highest BCUT2D eigenvalue weighted by Crippen LogP contribution is 2.33. The number of anilines is 1. The monoisotopic (exact) mass is 296 g/mol. The summed E-state index contributed by atoms with van der Waals surface area (Å²) < 4.78 is 0. The molecule has 1 amide bonds. The fourth-order valence-corrected chi connectivity index (χ4v) is 3.87. The Morgan fingerprint density at radius 2 is 2.39 bits per heavy atom. The highest BCUT2D eigenvalue weighted by atomic mass is 32.1. The van der Waals surface area contributed by atoms with E-state index in [-0.39, 0.29) is 5.91 Å². The van der Waals surface area contributed by atoms with Gasteiger partial charge in [-0.25, -0.2) is 4.98 Å². The number of rotatable bonds is 3. The summed E-state index contributed by atoms with van der Waals surface area (Å²) in [4.78, 5) is 19.4. The minimum absolute atomic E-state index is 0.168. The molecule has 6 heteroatoms. The summed E-state index contributed by atoms with van der Waals surface area (Å²) in [6, 6.07) is 4.06. The topological polar surface area (TPSA) is 33.2 Å². The van der Waals surface area contributed by atoms with E-state index < -0.39 is 0 Å². The first-order valence-electron chi connectivity index (χ1n) is 5.68. The molecule has 3 heterocycles. The van der Waals surface area contributed by atoms with Crippen molar-refractivity contribution in [2.24, 2.45) is 5.92 Å². The summed E-state index contributed by atoms with van der Waals surface area (Å²) in [5, 5.41) is 4.86.